The highest BCUT2D eigenvalue weighted by Gasteiger charge is 2.35. The number of piperazine rings is 1. The highest BCUT2D eigenvalue weighted by Crippen LogP contribution is 2.39. The van der Waals surface area contributed by atoms with E-state index < -0.39 is 11.7 Å². The van der Waals surface area contributed by atoms with Crippen molar-refractivity contribution in [1.29, 1.82) is 5.26 Å². The van der Waals surface area contributed by atoms with E-state index in [4.69, 9.17) is 4.74 Å². The van der Waals surface area contributed by atoms with Crippen molar-refractivity contribution in [2.24, 2.45) is 13.0 Å². The number of alkyl halides is 3. The molecule has 3 heterocycles. The van der Waals surface area contributed by atoms with Crippen LogP contribution in [-0.2, 0) is 13.2 Å². The Morgan fingerprint density at radius 2 is 2.06 bits per heavy atom. The summed E-state index contributed by atoms with van der Waals surface area (Å²) in [5, 5.41) is 12.9. The summed E-state index contributed by atoms with van der Waals surface area (Å²) in [7, 11) is 1.75. The van der Waals surface area contributed by atoms with Gasteiger partial charge in [0.25, 0.3) is 0 Å². The quantitative estimate of drug-likeness (QED) is 0.455. The third-order valence-corrected chi connectivity index (χ3v) is 6.37. The van der Waals surface area contributed by atoms with Crippen LogP contribution < -0.4 is 10.1 Å². The molecule has 1 atom stereocenters. The Labute approximate surface area is 214 Å². The molecule has 1 saturated heterocycles. The molecular formula is C25H30ClF3N6O. The normalized spacial score (nSPS) is 16.7. The summed E-state index contributed by atoms with van der Waals surface area (Å²) in [6.07, 6.45) is -2.42. The topological polar surface area (TPSA) is 79.0 Å². The van der Waals surface area contributed by atoms with Crippen molar-refractivity contribution in [3.63, 3.8) is 0 Å². The first kappa shape index (κ1) is 27.7. The molecule has 1 aliphatic rings. The van der Waals surface area contributed by atoms with E-state index in [1.54, 1.807) is 30.1 Å². The fourth-order valence-electron chi connectivity index (χ4n) is 4.35. The monoisotopic (exact) mass is 522 g/mol. The molecule has 0 radical (unpaired) electrons. The Bertz CT molecular complexity index is 1240. The summed E-state index contributed by atoms with van der Waals surface area (Å²) in [4.78, 5) is 10.7. The number of rotatable bonds is 7. The van der Waals surface area contributed by atoms with Gasteiger partial charge in [-0.25, -0.2) is 9.97 Å². The number of halogens is 4. The molecule has 3 aromatic rings. The van der Waals surface area contributed by atoms with Gasteiger partial charge in [-0.2, -0.15) is 18.4 Å². The second kappa shape index (κ2) is 11.5. The number of hydrogen-bond donors (Lipinski definition) is 1. The van der Waals surface area contributed by atoms with Gasteiger partial charge in [0.2, 0.25) is 0 Å². The molecule has 1 fully saturated rings. The molecule has 1 N–H and O–H groups in total. The minimum Gasteiger partial charge on any atom is -0.493 e. The van der Waals surface area contributed by atoms with E-state index in [1.165, 1.54) is 6.07 Å². The maximum absolute atomic E-state index is 13.9. The minimum atomic E-state index is -4.59. The molecule has 1 aromatic carbocycles. The average Bonchev–Trinajstić information content (AvgIpc) is 3.21. The summed E-state index contributed by atoms with van der Waals surface area (Å²) in [6, 6.07) is 7.95. The molecule has 36 heavy (non-hydrogen) atoms. The third kappa shape index (κ3) is 6.09. The largest absolute Gasteiger partial charge is 0.493 e. The van der Waals surface area contributed by atoms with Crippen molar-refractivity contribution in [3.8, 4) is 23.1 Å². The van der Waals surface area contributed by atoms with Crippen LogP contribution in [0.15, 0.2) is 30.6 Å². The smallest absolute Gasteiger partial charge is 0.419 e. The fraction of sp³-hybridized carbons (Fsp3) is 0.480. The number of fused-ring (bicyclic) bond motifs is 1. The summed E-state index contributed by atoms with van der Waals surface area (Å²) in [5.74, 6) is 0.322. The maximum Gasteiger partial charge on any atom is 0.419 e. The molecule has 4 rings (SSSR count). The van der Waals surface area contributed by atoms with Gasteiger partial charge < -0.3 is 19.5 Å². The Morgan fingerprint density at radius 3 is 2.75 bits per heavy atom. The van der Waals surface area contributed by atoms with Crippen LogP contribution in [0.2, 0.25) is 0 Å². The van der Waals surface area contributed by atoms with Crippen LogP contribution in [-0.4, -0.2) is 58.3 Å². The van der Waals surface area contributed by atoms with Gasteiger partial charge in [-0.05, 0) is 36.6 Å². The Balaban J connectivity index is 0.00000361. The molecular weight excluding hydrogens is 493 g/mol. The molecule has 11 heteroatoms. The van der Waals surface area contributed by atoms with Gasteiger partial charge in [0.15, 0.2) is 5.69 Å². The van der Waals surface area contributed by atoms with Crippen molar-refractivity contribution >= 4 is 23.4 Å². The molecule has 0 saturated carbocycles. The Hall–Kier alpha value is -2.87. The van der Waals surface area contributed by atoms with Crippen LogP contribution in [0.25, 0.3) is 22.3 Å². The Morgan fingerprint density at radius 1 is 1.28 bits per heavy atom. The molecule has 1 aliphatic heterocycles. The van der Waals surface area contributed by atoms with Crippen molar-refractivity contribution < 1.29 is 17.9 Å². The summed E-state index contributed by atoms with van der Waals surface area (Å²) in [6.45, 7) is 8.08. The zero-order valence-corrected chi connectivity index (χ0v) is 21.3. The molecule has 194 valence electrons. The van der Waals surface area contributed by atoms with Gasteiger partial charge >= 0.3 is 6.18 Å². The van der Waals surface area contributed by atoms with Crippen LogP contribution in [0, 0.1) is 17.2 Å². The van der Waals surface area contributed by atoms with Crippen LogP contribution in [0.4, 0.5) is 13.2 Å². The van der Waals surface area contributed by atoms with E-state index in [2.05, 4.69) is 34.0 Å². The van der Waals surface area contributed by atoms with Crippen molar-refractivity contribution in [2.45, 2.75) is 32.5 Å². The standard InChI is InChI=1S/C25H29F3N6O.ClH/c1-16(2)21-14-34(9-7-30-21)8-4-10-35-23-6-5-17(11-18(23)25(26,27)28)19-12-22-24(20(13-29)32-19)31-15-33(22)3;/h5-6,11-12,15-16,21,30H,4,7-10,14H2,1-3H3;1H/t21-;/m1./s1. The predicted molar refractivity (Wildman–Crippen MR) is 134 cm³/mol. The highest BCUT2D eigenvalue weighted by atomic mass is 35.5. The number of hydrogen-bond acceptors (Lipinski definition) is 6. The highest BCUT2D eigenvalue weighted by molar-refractivity contribution is 5.85. The van der Waals surface area contributed by atoms with Crippen molar-refractivity contribution in [1.82, 2.24) is 24.8 Å². The number of nitrogens with one attached hydrogen (secondary N) is 1. The molecule has 0 aliphatic carbocycles. The lowest BCUT2D eigenvalue weighted by molar-refractivity contribution is -0.138. The second-order valence-corrected chi connectivity index (χ2v) is 9.21. The van der Waals surface area contributed by atoms with Crippen LogP contribution in [0.3, 0.4) is 0 Å². The summed E-state index contributed by atoms with van der Waals surface area (Å²) < 4.78 is 49.0. The lowest BCUT2D eigenvalue weighted by atomic mass is 10.0. The number of nitriles is 1. The molecule has 0 unspecified atom stereocenters. The first-order valence-electron chi connectivity index (χ1n) is 11.7. The first-order valence-corrected chi connectivity index (χ1v) is 11.7. The van der Waals surface area contributed by atoms with Crippen LogP contribution >= 0.6 is 12.4 Å². The van der Waals surface area contributed by atoms with E-state index in [0.717, 1.165) is 32.2 Å². The van der Waals surface area contributed by atoms with Gasteiger partial charge in [-0.3, -0.25) is 0 Å². The number of imidazole rings is 1. The van der Waals surface area contributed by atoms with E-state index in [0.29, 0.717) is 29.4 Å². The number of ether oxygens (including phenoxy) is 1. The first-order chi connectivity index (χ1) is 16.7. The van der Waals surface area contributed by atoms with Crippen molar-refractivity contribution in [2.75, 3.05) is 32.8 Å². The fourth-order valence-corrected chi connectivity index (χ4v) is 4.35. The van der Waals surface area contributed by atoms with E-state index in [1.807, 2.05) is 6.07 Å². The molecule has 2 aromatic heterocycles. The number of aryl methyl sites for hydroxylation is 1. The van der Waals surface area contributed by atoms with Crippen molar-refractivity contribution in [3.05, 3.63) is 41.9 Å². The van der Waals surface area contributed by atoms with E-state index in [9.17, 15) is 18.4 Å². The molecule has 7 nitrogen and oxygen atoms in total. The van der Waals surface area contributed by atoms with E-state index in [-0.39, 0.29) is 41.7 Å². The minimum absolute atomic E-state index is 0. The summed E-state index contributed by atoms with van der Waals surface area (Å²) in [5.41, 5.74) is 0.770. The van der Waals surface area contributed by atoms with Gasteiger partial charge in [0, 0.05) is 44.8 Å². The zero-order valence-electron chi connectivity index (χ0n) is 20.5. The number of nitrogens with zero attached hydrogens (tertiary/aromatic N) is 5. The number of benzene rings is 1. The number of pyridine rings is 1. The van der Waals surface area contributed by atoms with Crippen LogP contribution in [0.1, 0.15) is 31.5 Å². The van der Waals surface area contributed by atoms with Gasteiger partial charge in [-0.1, -0.05) is 13.8 Å². The second-order valence-electron chi connectivity index (χ2n) is 9.21. The molecule has 0 amide bonds. The SMILES string of the molecule is CC(C)[C@H]1CN(CCCOc2ccc(-c3cc4c(ncn4C)c(C#N)n3)cc2C(F)(F)F)CCN1.Cl. The Kier molecular flexibility index (Phi) is 8.82. The lowest BCUT2D eigenvalue weighted by Crippen LogP contribution is -2.53. The third-order valence-electron chi connectivity index (χ3n) is 6.37. The van der Waals surface area contributed by atoms with E-state index >= 15 is 0 Å². The van der Waals surface area contributed by atoms with Gasteiger partial charge in [0.1, 0.15) is 17.3 Å². The van der Waals surface area contributed by atoms with Crippen LogP contribution in [0.5, 0.6) is 5.75 Å². The zero-order chi connectivity index (χ0) is 25.2. The molecule has 0 bridgehead atoms. The molecule has 0 spiro atoms. The average molecular weight is 523 g/mol. The predicted octanol–water partition coefficient (Wildman–Crippen LogP) is 4.65. The number of aromatic nitrogens is 3. The maximum atomic E-state index is 13.9. The van der Waals surface area contributed by atoms with Gasteiger partial charge in [-0.15, -0.1) is 12.4 Å². The summed E-state index contributed by atoms with van der Waals surface area (Å²) >= 11 is 0. The lowest BCUT2D eigenvalue weighted by Gasteiger charge is -2.35. The van der Waals surface area contributed by atoms with Gasteiger partial charge in [0.05, 0.1) is 29.7 Å².